The van der Waals surface area contributed by atoms with Gasteiger partial charge in [-0.25, -0.2) is 4.98 Å². The van der Waals surface area contributed by atoms with E-state index in [1.807, 2.05) is 11.3 Å². The minimum atomic E-state index is 0.342. The smallest absolute Gasteiger partial charge is 0.111 e. The molecular formula is C17H19ClN2S. The topological polar surface area (TPSA) is 17.8 Å². The van der Waals surface area contributed by atoms with E-state index in [-0.39, 0.29) is 0 Å². The molecule has 0 saturated heterocycles. The number of aromatic nitrogens is 2. The van der Waals surface area contributed by atoms with Crippen LogP contribution in [0.5, 0.6) is 0 Å². The van der Waals surface area contributed by atoms with Gasteiger partial charge in [0.2, 0.25) is 0 Å². The second-order valence-corrected chi connectivity index (χ2v) is 6.58. The fourth-order valence-corrected chi connectivity index (χ4v) is 4.03. The fourth-order valence-electron chi connectivity index (χ4n) is 2.96. The van der Waals surface area contributed by atoms with E-state index >= 15 is 0 Å². The Morgan fingerprint density at radius 2 is 2.14 bits per heavy atom. The monoisotopic (exact) mass is 318 g/mol. The molecule has 1 aromatic carbocycles. The lowest BCUT2D eigenvalue weighted by molar-refractivity contribution is 0.566. The van der Waals surface area contributed by atoms with Crippen molar-refractivity contribution in [3.05, 3.63) is 52.0 Å². The van der Waals surface area contributed by atoms with E-state index in [1.54, 1.807) is 0 Å². The molecule has 110 valence electrons. The van der Waals surface area contributed by atoms with Crippen LogP contribution in [0.4, 0.5) is 0 Å². The number of alkyl halides is 1. The molecular weight excluding hydrogens is 300 g/mol. The zero-order valence-corrected chi connectivity index (χ0v) is 13.9. The highest BCUT2D eigenvalue weighted by Crippen LogP contribution is 2.32. The van der Waals surface area contributed by atoms with Crippen molar-refractivity contribution in [3.8, 4) is 0 Å². The molecule has 0 aliphatic carbocycles. The third-order valence-electron chi connectivity index (χ3n) is 3.87. The summed E-state index contributed by atoms with van der Waals surface area (Å²) in [4.78, 5) is 6.21. The lowest BCUT2D eigenvalue weighted by Gasteiger charge is -2.20. The van der Waals surface area contributed by atoms with Crippen LogP contribution in [0.25, 0.3) is 11.0 Å². The minimum Gasteiger partial charge on any atom is -0.319 e. The molecule has 0 bridgehead atoms. The van der Waals surface area contributed by atoms with Gasteiger partial charge in [-0.1, -0.05) is 25.1 Å². The summed E-state index contributed by atoms with van der Waals surface area (Å²) in [5, 5.41) is 2.14. The van der Waals surface area contributed by atoms with Crippen molar-refractivity contribution in [1.82, 2.24) is 9.55 Å². The molecule has 0 aliphatic rings. The molecule has 21 heavy (non-hydrogen) atoms. The van der Waals surface area contributed by atoms with Crippen LogP contribution in [0.3, 0.4) is 0 Å². The average molecular weight is 319 g/mol. The summed E-state index contributed by atoms with van der Waals surface area (Å²) in [5.41, 5.74) is 3.60. The Hall–Kier alpha value is -1.32. The van der Waals surface area contributed by atoms with Gasteiger partial charge in [0.1, 0.15) is 5.82 Å². The van der Waals surface area contributed by atoms with Crippen molar-refractivity contribution >= 4 is 34.0 Å². The van der Waals surface area contributed by atoms with Crippen molar-refractivity contribution in [2.75, 3.05) is 5.88 Å². The Balaban J connectivity index is 2.25. The molecule has 0 N–H and O–H groups in total. The number of imidazole rings is 1. The SMILES string of the molecule is CCC(c1cccs1)n1c(CCCl)nc2cccc(C)c21. The summed E-state index contributed by atoms with van der Waals surface area (Å²) < 4.78 is 2.40. The second-order valence-electron chi connectivity index (χ2n) is 5.22. The second kappa shape index (κ2) is 6.20. The summed E-state index contributed by atoms with van der Waals surface area (Å²) >= 11 is 7.81. The number of para-hydroxylation sites is 1. The first-order valence-electron chi connectivity index (χ1n) is 7.32. The van der Waals surface area contributed by atoms with Gasteiger partial charge in [0, 0.05) is 17.2 Å². The summed E-state index contributed by atoms with van der Waals surface area (Å²) in [6, 6.07) is 11.0. The van der Waals surface area contributed by atoms with Crippen LogP contribution in [0.2, 0.25) is 0 Å². The normalized spacial score (nSPS) is 12.9. The van der Waals surface area contributed by atoms with Crippen molar-refractivity contribution in [3.63, 3.8) is 0 Å². The lowest BCUT2D eigenvalue weighted by atomic mass is 10.1. The van der Waals surface area contributed by atoms with Gasteiger partial charge in [0.05, 0.1) is 17.1 Å². The molecule has 0 radical (unpaired) electrons. The van der Waals surface area contributed by atoms with E-state index in [9.17, 15) is 0 Å². The summed E-state index contributed by atoms with van der Waals surface area (Å²) in [7, 11) is 0. The van der Waals surface area contributed by atoms with Gasteiger partial charge in [-0.05, 0) is 36.4 Å². The largest absolute Gasteiger partial charge is 0.319 e. The molecule has 0 aliphatic heterocycles. The van der Waals surface area contributed by atoms with Gasteiger partial charge in [-0.15, -0.1) is 22.9 Å². The van der Waals surface area contributed by atoms with Gasteiger partial charge in [-0.3, -0.25) is 0 Å². The highest BCUT2D eigenvalue weighted by molar-refractivity contribution is 7.10. The number of benzene rings is 1. The molecule has 2 heterocycles. The van der Waals surface area contributed by atoms with Crippen LogP contribution >= 0.6 is 22.9 Å². The lowest BCUT2D eigenvalue weighted by Crippen LogP contribution is -2.13. The third kappa shape index (κ3) is 2.60. The zero-order valence-electron chi connectivity index (χ0n) is 12.3. The molecule has 0 spiro atoms. The molecule has 4 heteroatoms. The Labute approximate surface area is 134 Å². The Morgan fingerprint density at radius 3 is 2.81 bits per heavy atom. The fraction of sp³-hybridized carbons (Fsp3) is 0.353. The van der Waals surface area contributed by atoms with E-state index < -0.39 is 0 Å². The first kappa shape index (κ1) is 14.6. The summed E-state index contributed by atoms with van der Waals surface area (Å²) in [6.45, 7) is 4.39. The van der Waals surface area contributed by atoms with Gasteiger partial charge in [0.15, 0.2) is 0 Å². The van der Waals surface area contributed by atoms with E-state index in [4.69, 9.17) is 16.6 Å². The Bertz CT molecular complexity index is 731. The highest BCUT2D eigenvalue weighted by Gasteiger charge is 2.20. The zero-order chi connectivity index (χ0) is 14.8. The quantitative estimate of drug-likeness (QED) is 0.592. The van der Waals surface area contributed by atoms with Crippen LogP contribution in [0.15, 0.2) is 35.7 Å². The van der Waals surface area contributed by atoms with Crippen LogP contribution < -0.4 is 0 Å². The molecule has 3 rings (SSSR count). The molecule has 1 unspecified atom stereocenters. The third-order valence-corrected chi connectivity index (χ3v) is 5.04. The maximum Gasteiger partial charge on any atom is 0.111 e. The van der Waals surface area contributed by atoms with Crippen LogP contribution in [0.1, 0.15) is 35.7 Å². The van der Waals surface area contributed by atoms with E-state index in [1.165, 1.54) is 16.0 Å². The van der Waals surface area contributed by atoms with E-state index in [0.29, 0.717) is 11.9 Å². The van der Waals surface area contributed by atoms with Gasteiger partial charge >= 0.3 is 0 Å². The first-order valence-corrected chi connectivity index (χ1v) is 8.73. The van der Waals surface area contributed by atoms with Crippen LogP contribution in [-0.2, 0) is 6.42 Å². The number of thiophene rings is 1. The number of hydrogen-bond donors (Lipinski definition) is 0. The molecule has 0 saturated carbocycles. The van der Waals surface area contributed by atoms with Crippen molar-refractivity contribution in [1.29, 1.82) is 0 Å². The number of fused-ring (bicyclic) bond motifs is 1. The number of rotatable bonds is 5. The average Bonchev–Trinajstić information content (AvgIpc) is 3.10. The maximum atomic E-state index is 6.00. The van der Waals surface area contributed by atoms with Gasteiger partial charge < -0.3 is 4.57 Å². The first-order chi connectivity index (χ1) is 10.3. The van der Waals surface area contributed by atoms with E-state index in [2.05, 4.69) is 54.1 Å². The molecule has 2 nitrogen and oxygen atoms in total. The Kier molecular flexibility index (Phi) is 4.32. The molecule has 3 aromatic rings. The minimum absolute atomic E-state index is 0.342. The van der Waals surface area contributed by atoms with Crippen molar-refractivity contribution < 1.29 is 0 Å². The standard InChI is InChI=1S/C17H19ClN2S/c1-3-14(15-8-5-11-21-15)20-16(9-10-18)19-13-7-4-6-12(2)17(13)20/h4-8,11,14H,3,9-10H2,1-2H3. The van der Waals surface area contributed by atoms with Crippen LogP contribution in [0, 0.1) is 6.92 Å². The number of nitrogens with zero attached hydrogens (tertiary/aromatic N) is 2. The molecule has 1 atom stereocenters. The highest BCUT2D eigenvalue weighted by atomic mass is 35.5. The van der Waals surface area contributed by atoms with E-state index in [0.717, 1.165) is 24.2 Å². The molecule has 0 amide bonds. The Morgan fingerprint density at radius 1 is 1.29 bits per heavy atom. The predicted molar refractivity (Wildman–Crippen MR) is 91.6 cm³/mol. The number of halogens is 1. The number of aryl methyl sites for hydroxylation is 2. The van der Waals surface area contributed by atoms with Gasteiger partial charge in [-0.2, -0.15) is 0 Å². The summed E-state index contributed by atoms with van der Waals surface area (Å²) in [5.74, 6) is 1.69. The molecule has 0 fully saturated rings. The van der Waals surface area contributed by atoms with Crippen LogP contribution in [-0.4, -0.2) is 15.4 Å². The number of hydrogen-bond acceptors (Lipinski definition) is 2. The van der Waals surface area contributed by atoms with Crippen molar-refractivity contribution in [2.24, 2.45) is 0 Å². The van der Waals surface area contributed by atoms with Crippen molar-refractivity contribution in [2.45, 2.75) is 32.7 Å². The summed E-state index contributed by atoms with van der Waals surface area (Å²) in [6.07, 6.45) is 1.85. The van der Waals surface area contributed by atoms with Gasteiger partial charge in [0.25, 0.3) is 0 Å². The maximum absolute atomic E-state index is 6.00. The molecule has 2 aromatic heterocycles. The predicted octanol–water partition coefficient (Wildman–Crippen LogP) is 5.19.